The number of morpholine rings is 1. The molecule has 0 saturated carbocycles. The summed E-state index contributed by atoms with van der Waals surface area (Å²) in [5.41, 5.74) is 0.828. The summed E-state index contributed by atoms with van der Waals surface area (Å²) >= 11 is 7.84. The van der Waals surface area contributed by atoms with Crippen molar-refractivity contribution in [2.75, 3.05) is 57.4 Å². The molecule has 2 aliphatic heterocycles. The lowest BCUT2D eigenvalue weighted by Gasteiger charge is -2.33. The SMILES string of the molecule is O=S(=O)(c1ccc(F)cc1)N1CCN(Cc2cc3nc(Cl)nc(N4CCOCC4)c3s2)CC1. The molecule has 0 bridgehead atoms. The van der Waals surface area contributed by atoms with Crippen molar-refractivity contribution in [3.8, 4) is 0 Å². The Morgan fingerprint density at radius 1 is 1.03 bits per heavy atom. The van der Waals surface area contributed by atoms with Gasteiger partial charge in [-0.3, -0.25) is 4.90 Å². The van der Waals surface area contributed by atoms with Crippen molar-refractivity contribution in [3.05, 3.63) is 46.3 Å². The van der Waals surface area contributed by atoms with Gasteiger partial charge in [0.15, 0.2) is 5.82 Å². The van der Waals surface area contributed by atoms with E-state index in [-0.39, 0.29) is 10.2 Å². The first-order chi connectivity index (χ1) is 15.9. The normalized spacial score (nSPS) is 18.8. The van der Waals surface area contributed by atoms with Crippen molar-refractivity contribution in [1.29, 1.82) is 0 Å². The third-order valence-corrected chi connectivity index (χ3v) is 9.04. The van der Waals surface area contributed by atoms with Crippen molar-refractivity contribution >= 4 is 49.0 Å². The van der Waals surface area contributed by atoms with Gasteiger partial charge in [-0.05, 0) is 41.9 Å². The van der Waals surface area contributed by atoms with E-state index in [9.17, 15) is 12.8 Å². The van der Waals surface area contributed by atoms with E-state index in [0.717, 1.165) is 34.0 Å². The molecule has 2 aromatic heterocycles. The van der Waals surface area contributed by atoms with Crippen LogP contribution in [-0.2, 0) is 21.3 Å². The molecule has 0 radical (unpaired) electrons. The number of aromatic nitrogens is 2. The summed E-state index contributed by atoms with van der Waals surface area (Å²) < 4.78 is 46.8. The summed E-state index contributed by atoms with van der Waals surface area (Å²) in [6.45, 7) is 5.53. The fraction of sp³-hybridized carbons (Fsp3) is 0.429. The predicted octanol–water partition coefficient (Wildman–Crippen LogP) is 2.83. The molecule has 3 aromatic rings. The van der Waals surface area contributed by atoms with Gasteiger partial charge < -0.3 is 9.64 Å². The van der Waals surface area contributed by atoms with Crippen molar-refractivity contribution in [1.82, 2.24) is 19.2 Å². The van der Waals surface area contributed by atoms with Gasteiger partial charge in [-0.15, -0.1) is 11.3 Å². The topological polar surface area (TPSA) is 78.9 Å². The Balaban J connectivity index is 1.28. The Morgan fingerprint density at radius 3 is 2.42 bits per heavy atom. The zero-order valence-corrected chi connectivity index (χ0v) is 20.2. The van der Waals surface area contributed by atoms with Crippen molar-refractivity contribution in [2.45, 2.75) is 11.4 Å². The smallest absolute Gasteiger partial charge is 0.243 e. The highest BCUT2D eigenvalue weighted by molar-refractivity contribution is 7.89. The molecular weight excluding hydrogens is 489 g/mol. The number of benzene rings is 1. The van der Waals surface area contributed by atoms with Crippen molar-refractivity contribution in [3.63, 3.8) is 0 Å². The van der Waals surface area contributed by atoms with Crippen molar-refractivity contribution in [2.24, 2.45) is 0 Å². The van der Waals surface area contributed by atoms with E-state index >= 15 is 0 Å². The Labute approximate surface area is 200 Å². The van der Waals surface area contributed by atoms with Crippen LogP contribution < -0.4 is 4.90 Å². The Morgan fingerprint density at radius 2 is 1.73 bits per heavy atom. The lowest BCUT2D eigenvalue weighted by Crippen LogP contribution is -2.48. The minimum atomic E-state index is -3.62. The van der Waals surface area contributed by atoms with Crippen LogP contribution in [0.15, 0.2) is 35.2 Å². The molecule has 0 amide bonds. The average molecular weight is 512 g/mol. The van der Waals surface area contributed by atoms with Gasteiger partial charge in [0.25, 0.3) is 0 Å². The lowest BCUT2D eigenvalue weighted by atomic mass is 10.3. The van der Waals surface area contributed by atoms with E-state index < -0.39 is 15.8 Å². The second kappa shape index (κ2) is 9.40. The predicted molar refractivity (Wildman–Crippen MR) is 126 cm³/mol. The lowest BCUT2D eigenvalue weighted by molar-refractivity contribution is 0.122. The molecule has 2 saturated heterocycles. The first-order valence-electron chi connectivity index (χ1n) is 10.7. The van der Waals surface area contributed by atoms with Gasteiger partial charge >= 0.3 is 0 Å². The number of piperazine rings is 1. The van der Waals surface area contributed by atoms with Gasteiger partial charge in [-0.25, -0.2) is 17.8 Å². The van der Waals surface area contributed by atoms with Gasteiger partial charge in [-0.2, -0.15) is 9.29 Å². The molecule has 0 aliphatic carbocycles. The first kappa shape index (κ1) is 22.9. The molecule has 176 valence electrons. The second-order valence-electron chi connectivity index (χ2n) is 7.98. The molecule has 1 aromatic carbocycles. The third-order valence-electron chi connectivity index (χ3n) is 5.85. The summed E-state index contributed by atoms with van der Waals surface area (Å²) in [7, 11) is -3.62. The van der Waals surface area contributed by atoms with Gasteiger partial charge in [0, 0.05) is 50.7 Å². The number of sulfonamides is 1. The van der Waals surface area contributed by atoms with Crippen molar-refractivity contribution < 1.29 is 17.5 Å². The van der Waals surface area contributed by atoms with Gasteiger partial charge in [0.05, 0.1) is 28.3 Å². The van der Waals surface area contributed by atoms with Crippen LogP contribution in [0.3, 0.4) is 0 Å². The first-order valence-corrected chi connectivity index (χ1v) is 13.3. The quantitative estimate of drug-likeness (QED) is 0.487. The summed E-state index contributed by atoms with van der Waals surface area (Å²) in [6, 6.07) is 7.01. The van der Waals surface area contributed by atoms with E-state index in [1.807, 2.05) is 6.07 Å². The largest absolute Gasteiger partial charge is 0.378 e. The summed E-state index contributed by atoms with van der Waals surface area (Å²) in [4.78, 5) is 14.5. The minimum absolute atomic E-state index is 0.118. The monoisotopic (exact) mass is 511 g/mol. The molecule has 0 atom stereocenters. The van der Waals surface area contributed by atoms with Crippen LogP contribution in [0.1, 0.15) is 4.88 Å². The van der Waals surface area contributed by atoms with E-state index in [4.69, 9.17) is 16.3 Å². The van der Waals surface area contributed by atoms with Gasteiger partial charge in [-0.1, -0.05) is 0 Å². The molecule has 12 heteroatoms. The third kappa shape index (κ3) is 4.84. The van der Waals surface area contributed by atoms with Crippen LogP contribution in [0.4, 0.5) is 10.2 Å². The van der Waals surface area contributed by atoms with E-state index in [1.165, 1.54) is 28.6 Å². The Bertz CT molecular complexity index is 1240. The molecule has 33 heavy (non-hydrogen) atoms. The maximum Gasteiger partial charge on any atom is 0.243 e. The highest BCUT2D eigenvalue weighted by Gasteiger charge is 2.29. The van der Waals surface area contributed by atoms with E-state index in [1.54, 1.807) is 11.3 Å². The van der Waals surface area contributed by atoms with Crippen LogP contribution >= 0.6 is 22.9 Å². The molecule has 4 heterocycles. The number of thiophene rings is 1. The molecule has 2 aliphatic rings. The van der Waals surface area contributed by atoms with Crippen LogP contribution in [0.25, 0.3) is 10.2 Å². The molecule has 0 unspecified atom stereocenters. The fourth-order valence-corrected chi connectivity index (χ4v) is 6.86. The Kier molecular flexibility index (Phi) is 6.51. The number of hydrogen-bond acceptors (Lipinski definition) is 8. The van der Waals surface area contributed by atoms with Crippen LogP contribution in [-0.4, -0.2) is 80.1 Å². The zero-order chi connectivity index (χ0) is 23.0. The molecule has 5 rings (SSSR count). The highest BCUT2D eigenvalue weighted by Crippen LogP contribution is 2.34. The summed E-state index contributed by atoms with van der Waals surface area (Å²) in [6.07, 6.45) is 0. The van der Waals surface area contributed by atoms with Gasteiger partial charge in [0.1, 0.15) is 5.82 Å². The highest BCUT2D eigenvalue weighted by atomic mass is 35.5. The van der Waals surface area contributed by atoms with Crippen LogP contribution in [0.2, 0.25) is 5.28 Å². The number of halogens is 2. The van der Waals surface area contributed by atoms with Crippen LogP contribution in [0.5, 0.6) is 0 Å². The molecule has 0 N–H and O–H groups in total. The van der Waals surface area contributed by atoms with Gasteiger partial charge in [0.2, 0.25) is 15.3 Å². The fourth-order valence-electron chi connectivity index (χ4n) is 4.11. The number of fused-ring (bicyclic) bond motifs is 1. The van der Waals surface area contributed by atoms with Crippen LogP contribution in [0, 0.1) is 5.82 Å². The molecular formula is C21H23ClFN5O3S2. The maximum absolute atomic E-state index is 13.2. The zero-order valence-electron chi connectivity index (χ0n) is 17.8. The standard InChI is InChI=1S/C21H23ClFN5O3S2/c22-21-24-18-13-16(32-19(18)20(25-21)27-9-11-31-12-10-27)14-26-5-7-28(8-6-26)33(29,30)17-3-1-15(23)2-4-17/h1-4,13H,5-12,14H2. The van der Waals surface area contributed by atoms with E-state index in [0.29, 0.717) is 45.9 Å². The number of anilines is 1. The average Bonchev–Trinajstić information content (AvgIpc) is 3.21. The van der Waals surface area contributed by atoms with E-state index in [2.05, 4.69) is 19.8 Å². The summed E-state index contributed by atoms with van der Waals surface area (Å²) in [5.74, 6) is 0.393. The Hall–Kier alpha value is -1.89. The molecule has 8 nitrogen and oxygen atoms in total. The second-order valence-corrected chi connectivity index (χ2v) is 11.4. The molecule has 2 fully saturated rings. The number of nitrogens with zero attached hydrogens (tertiary/aromatic N) is 5. The number of rotatable bonds is 5. The maximum atomic E-state index is 13.2. The number of hydrogen-bond donors (Lipinski definition) is 0. The summed E-state index contributed by atoms with van der Waals surface area (Å²) in [5, 5.41) is 0.230. The minimum Gasteiger partial charge on any atom is -0.378 e. The molecule has 0 spiro atoms. The number of ether oxygens (including phenoxy) is 1.